The Hall–Kier alpha value is -5.40. The predicted octanol–water partition coefficient (Wildman–Crippen LogP) is 4.97. The number of fused-ring (bicyclic) bond motifs is 2. The van der Waals surface area contributed by atoms with Crippen molar-refractivity contribution in [3.05, 3.63) is 108 Å². The van der Waals surface area contributed by atoms with Crippen LogP contribution >= 0.6 is 0 Å². The molecule has 0 aliphatic carbocycles. The largest absolute Gasteiger partial charge is 0.393 e. The van der Waals surface area contributed by atoms with Gasteiger partial charge in [-0.15, -0.1) is 0 Å². The molecule has 6 rings (SSSR count). The van der Waals surface area contributed by atoms with Crippen LogP contribution in [-0.4, -0.2) is 64.6 Å². The number of pyridine rings is 2. The van der Waals surface area contributed by atoms with Gasteiger partial charge in [0, 0.05) is 52.9 Å². The number of hydrogen-bond donors (Lipinski definition) is 6. The number of carbonyl (C=O) groups excluding carboxylic acids is 2. The highest BCUT2D eigenvalue weighted by molar-refractivity contribution is 5.93. The summed E-state index contributed by atoms with van der Waals surface area (Å²) >= 11 is 0. The van der Waals surface area contributed by atoms with Crippen molar-refractivity contribution in [3.63, 3.8) is 0 Å². The molecule has 272 valence electrons. The molecule has 6 aromatic rings. The first-order valence-electron chi connectivity index (χ1n) is 17.2. The van der Waals surface area contributed by atoms with Crippen molar-refractivity contribution < 1.29 is 30.0 Å². The van der Waals surface area contributed by atoms with Crippen molar-refractivity contribution in [3.8, 4) is 22.4 Å². The fourth-order valence-electron chi connectivity index (χ4n) is 6.08. The van der Waals surface area contributed by atoms with E-state index in [1.807, 2.05) is 42.5 Å². The van der Waals surface area contributed by atoms with Crippen LogP contribution in [0.2, 0.25) is 0 Å². The molecular formula is C40H46N6O6. The Kier molecular flexibility index (Phi) is 11.9. The number of aliphatic hydroxyl groups is 4. The van der Waals surface area contributed by atoms with E-state index in [2.05, 4.69) is 65.3 Å². The summed E-state index contributed by atoms with van der Waals surface area (Å²) < 4.78 is 4.42. The number of rotatable bonds is 12. The van der Waals surface area contributed by atoms with E-state index in [9.17, 15) is 30.0 Å². The molecular weight excluding hydrogens is 660 g/mol. The summed E-state index contributed by atoms with van der Waals surface area (Å²) in [5, 5.41) is 40.4. The second-order valence-electron chi connectivity index (χ2n) is 13.7. The normalized spacial score (nSPS) is 12.7. The summed E-state index contributed by atoms with van der Waals surface area (Å²) in [5.41, 5.74) is 16.7. The maximum absolute atomic E-state index is 11.6. The zero-order chi connectivity index (χ0) is 37.7. The second-order valence-corrected chi connectivity index (χ2v) is 13.7. The zero-order valence-corrected chi connectivity index (χ0v) is 29.8. The van der Waals surface area contributed by atoms with Gasteiger partial charge in [-0.2, -0.15) is 0 Å². The predicted molar refractivity (Wildman–Crippen MR) is 201 cm³/mol. The summed E-state index contributed by atoms with van der Waals surface area (Å²) in [4.78, 5) is 31.5. The first-order valence-corrected chi connectivity index (χ1v) is 17.2. The SMILES string of the molecule is CC(C)Cn1ccc2cc(-c3cc(C(N)=O)nc([C@H](O)CO)c3)ccc21.CC(C)Cn1ccc2cc(-c3cc([C@@H](O)CO)cc(C(N)=O)n3)ccc21. The summed E-state index contributed by atoms with van der Waals surface area (Å²) in [7, 11) is 0. The quantitative estimate of drug-likeness (QED) is 0.102. The molecule has 4 aromatic heterocycles. The molecule has 8 N–H and O–H groups in total. The fraction of sp³-hybridized carbons (Fsp3) is 0.300. The Morgan fingerprint density at radius 1 is 0.635 bits per heavy atom. The smallest absolute Gasteiger partial charge is 0.267 e. The van der Waals surface area contributed by atoms with Gasteiger partial charge in [0.25, 0.3) is 11.8 Å². The summed E-state index contributed by atoms with van der Waals surface area (Å²) in [6.45, 7) is 9.65. The van der Waals surface area contributed by atoms with Gasteiger partial charge in [0.1, 0.15) is 23.6 Å². The van der Waals surface area contributed by atoms with Crippen LogP contribution in [-0.2, 0) is 13.1 Å². The van der Waals surface area contributed by atoms with Gasteiger partial charge in [-0.05, 0) is 89.2 Å². The molecule has 0 bridgehead atoms. The van der Waals surface area contributed by atoms with Crippen molar-refractivity contribution in [1.82, 2.24) is 19.1 Å². The molecule has 4 heterocycles. The third-order valence-electron chi connectivity index (χ3n) is 8.56. The summed E-state index contributed by atoms with van der Waals surface area (Å²) in [6.07, 6.45) is 1.87. The lowest BCUT2D eigenvalue weighted by molar-refractivity contribution is 0.0912. The van der Waals surface area contributed by atoms with Gasteiger partial charge < -0.3 is 41.0 Å². The zero-order valence-electron chi connectivity index (χ0n) is 29.8. The van der Waals surface area contributed by atoms with E-state index in [-0.39, 0.29) is 17.1 Å². The Morgan fingerprint density at radius 2 is 1.15 bits per heavy atom. The van der Waals surface area contributed by atoms with Gasteiger partial charge in [0.05, 0.1) is 24.6 Å². The molecule has 2 aromatic carbocycles. The number of benzene rings is 2. The standard InChI is InChI=1S/2C20H23N3O3/c1-12(2)10-23-6-5-14-7-13(3-4-18(14)23)16-8-15(19(25)11-24)9-17(22-16)20(21)26;1-12(2)10-23-6-5-14-7-13(3-4-18(14)23)15-8-16(19(25)11-24)22-17(9-15)20(21)26/h2*3-9,12,19,24-25H,10-11H2,1-2H3,(H2,21,26)/t2*19-/m01/s1. The second kappa shape index (κ2) is 16.3. The number of hydrogen-bond acceptors (Lipinski definition) is 8. The molecule has 0 spiro atoms. The van der Waals surface area contributed by atoms with E-state index in [0.717, 1.165) is 51.6 Å². The number of aromatic nitrogens is 4. The van der Waals surface area contributed by atoms with Gasteiger partial charge in [-0.25, -0.2) is 9.97 Å². The van der Waals surface area contributed by atoms with Crippen LogP contribution in [0.25, 0.3) is 44.2 Å². The van der Waals surface area contributed by atoms with Gasteiger partial charge in [-0.1, -0.05) is 39.8 Å². The molecule has 0 fully saturated rings. The topological polar surface area (TPSA) is 203 Å². The lowest BCUT2D eigenvalue weighted by Crippen LogP contribution is -2.16. The minimum atomic E-state index is -1.16. The Morgan fingerprint density at radius 3 is 1.67 bits per heavy atom. The van der Waals surface area contributed by atoms with Crippen LogP contribution in [0.4, 0.5) is 0 Å². The van der Waals surface area contributed by atoms with Crippen molar-refractivity contribution in [2.75, 3.05) is 13.2 Å². The maximum Gasteiger partial charge on any atom is 0.267 e. The van der Waals surface area contributed by atoms with E-state index in [1.54, 1.807) is 18.2 Å². The highest BCUT2D eigenvalue weighted by atomic mass is 16.3. The minimum absolute atomic E-state index is 0.0578. The van der Waals surface area contributed by atoms with E-state index >= 15 is 0 Å². The van der Waals surface area contributed by atoms with Gasteiger partial charge in [-0.3, -0.25) is 9.59 Å². The van der Waals surface area contributed by atoms with Crippen molar-refractivity contribution in [1.29, 1.82) is 0 Å². The highest BCUT2D eigenvalue weighted by Gasteiger charge is 2.16. The van der Waals surface area contributed by atoms with E-state index < -0.39 is 37.2 Å². The van der Waals surface area contributed by atoms with Crippen LogP contribution in [0.3, 0.4) is 0 Å². The molecule has 2 atom stereocenters. The molecule has 52 heavy (non-hydrogen) atoms. The molecule has 12 nitrogen and oxygen atoms in total. The molecule has 12 heteroatoms. The van der Waals surface area contributed by atoms with E-state index in [4.69, 9.17) is 11.5 Å². The van der Waals surface area contributed by atoms with Gasteiger partial charge >= 0.3 is 0 Å². The Bertz CT molecular complexity index is 2050. The van der Waals surface area contributed by atoms with Gasteiger partial charge in [0.2, 0.25) is 0 Å². The van der Waals surface area contributed by atoms with Crippen LogP contribution in [0.5, 0.6) is 0 Å². The molecule has 0 saturated heterocycles. The lowest BCUT2D eigenvalue weighted by atomic mass is 10.0. The Labute approximate surface area is 302 Å². The van der Waals surface area contributed by atoms with Crippen LogP contribution in [0.1, 0.15) is 72.1 Å². The first-order chi connectivity index (χ1) is 24.8. The average molecular weight is 707 g/mol. The third kappa shape index (κ3) is 8.72. The van der Waals surface area contributed by atoms with Crippen LogP contribution < -0.4 is 11.5 Å². The number of nitrogens with two attached hydrogens (primary N) is 2. The number of aliphatic hydroxyl groups excluding tert-OH is 4. The van der Waals surface area contributed by atoms with E-state index in [1.165, 1.54) is 6.07 Å². The molecule has 0 radical (unpaired) electrons. The minimum Gasteiger partial charge on any atom is -0.393 e. The number of nitrogens with zero attached hydrogens (tertiary/aromatic N) is 4. The summed E-state index contributed by atoms with van der Waals surface area (Å²) in [5.74, 6) is -0.266. The summed E-state index contributed by atoms with van der Waals surface area (Å²) in [6, 6.07) is 22.4. The van der Waals surface area contributed by atoms with E-state index in [0.29, 0.717) is 23.1 Å². The number of primary amides is 2. The highest BCUT2D eigenvalue weighted by Crippen LogP contribution is 2.29. The molecule has 0 unspecified atom stereocenters. The molecule has 0 saturated carbocycles. The monoisotopic (exact) mass is 706 g/mol. The molecule has 2 amide bonds. The lowest BCUT2D eigenvalue weighted by Gasteiger charge is -2.12. The first kappa shape index (κ1) is 37.8. The van der Waals surface area contributed by atoms with Crippen molar-refractivity contribution >= 4 is 33.6 Å². The Balaban J connectivity index is 0.000000201. The average Bonchev–Trinajstić information content (AvgIpc) is 3.72. The maximum atomic E-state index is 11.6. The number of amides is 2. The fourth-order valence-corrected chi connectivity index (χ4v) is 6.08. The van der Waals surface area contributed by atoms with Crippen LogP contribution in [0.15, 0.2) is 85.2 Å². The van der Waals surface area contributed by atoms with Crippen molar-refractivity contribution in [2.45, 2.75) is 53.0 Å². The number of carbonyl (C=O) groups is 2. The third-order valence-corrected chi connectivity index (χ3v) is 8.56. The van der Waals surface area contributed by atoms with Crippen LogP contribution in [0, 0.1) is 11.8 Å². The molecule has 0 aliphatic heterocycles. The van der Waals surface area contributed by atoms with Gasteiger partial charge in [0.15, 0.2) is 0 Å². The molecule has 0 aliphatic rings. The van der Waals surface area contributed by atoms with Crippen molar-refractivity contribution in [2.24, 2.45) is 23.3 Å².